The second kappa shape index (κ2) is 7.56. The summed E-state index contributed by atoms with van der Waals surface area (Å²) in [6.07, 6.45) is 15.5. The molecule has 0 aliphatic heterocycles. The third-order valence-electron chi connectivity index (χ3n) is 10.0. The number of aliphatic hydroxyl groups excluding tert-OH is 1. The van der Waals surface area contributed by atoms with Gasteiger partial charge in [0.1, 0.15) is 5.78 Å². The van der Waals surface area contributed by atoms with Crippen LogP contribution in [0, 0.1) is 40.4 Å². The first-order valence-electron chi connectivity index (χ1n) is 12.1. The largest absolute Gasteiger partial charge is 0.393 e. The molecular weight excluding hydrogens is 344 g/mol. The first-order valence-corrected chi connectivity index (χ1v) is 12.1. The standard InChI is InChI=1S/C26H42O2/c1-17(6-5-7-18(2)27)22-10-11-23-21-9-8-19-16-20(28)12-14-25(19,3)24(21)13-15-26(22,23)4/h8,17,20-24,28H,5-7,9-16H2,1-4H3/t17-,20-,21+,22+,23-,24+,25+,26-/m1/s1. The lowest BCUT2D eigenvalue weighted by Crippen LogP contribution is -2.50. The van der Waals surface area contributed by atoms with Gasteiger partial charge in [0.2, 0.25) is 0 Å². The molecule has 0 bridgehead atoms. The third-order valence-corrected chi connectivity index (χ3v) is 10.0. The van der Waals surface area contributed by atoms with Gasteiger partial charge < -0.3 is 9.90 Å². The molecule has 158 valence electrons. The van der Waals surface area contributed by atoms with Crippen molar-refractivity contribution in [2.24, 2.45) is 40.4 Å². The summed E-state index contributed by atoms with van der Waals surface area (Å²) in [5.74, 6) is 4.52. The van der Waals surface area contributed by atoms with Crippen molar-refractivity contribution in [2.75, 3.05) is 0 Å². The average Bonchev–Trinajstić information content (AvgIpc) is 2.99. The molecule has 0 aromatic carbocycles. The lowest BCUT2D eigenvalue weighted by Gasteiger charge is -2.58. The predicted octanol–water partition coefficient (Wildman–Crippen LogP) is 6.32. The Kier molecular flexibility index (Phi) is 5.57. The van der Waals surface area contributed by atoms with Crippen LogP contribution in [0.1, 0.15) is 98.3 Å². The van der Waals surface area contributed by atoms with E-state index in [4.69, 9.17) is 0 Å². The van der Waals surface area contributed by atoms with E-state index in [1.54, 1.807) is 12.5 Å². The van der Waals surface area contributed by atoms with Crippen LogP contribution in [0.4, 0.5) is 0 Å². The number of Topliss-reactive ketones (excluding diaryl/α,β-unsaturated/α-hetero) is 1. The van der Waals surface area contributed by atoms with Crippen molar-refractivity contribution in [1.82, 2.24) is 0 Å². The van der Waals surface area contributed by atoms with Gasteiger partial charge >= 0.3 is 0 Å². The molecule has 8 atom stereocenters. The normalized spacial score (nSPS) is 46.2. The van der Waals surface area contributed by atoms with Gasteiger partial charge in [0.05, 0.1) is 6.10 Å². The van der Waals surface area contributed by atoms with E-state index >= 15 is 0 Å². The van der Waals surface area contributed by atoms with Gasteiger partial charge in [0.15, 0.2) is 0 Å². The zero-order valence-electron chi connectivity index (χ0n) is 18.7. The smallest absolute Gasteiger partial charge is 0.129 e. The Morgan fingerprint density at radius 1 is 1.18 bits per heavy atom. The molecular formula is C26H42O2. The highest BCUT2D eigenvalue weighted by atomic mass is 16.3. The molecule has 4 aliphatic rings. The van der Waals surface area contributed by atoms with Crippen LogP contribution >= 0.6 is 0 Å². The van der Waals surface area contributed by atoms with Crippen molar-refractivity contribution in [3.8, 4) is 0 Å². The molecule has 2 nitrogen and oxygen atoms in total. The van der Waals surface area contributed by atoms with Crippen molar-refractivity contribution in [3.05, 3.63) is 11.6 Å². The Morgan fingerprint density at radius 3 is 2.71 bits per heavy atom. The van der Waals surface area contributed by atoms with Crippen molar-refractivity contribution in [2.45, 2.75) is 104 Å². The summed E-state index contributed by atoms with van der Waals surface area (Å²) in [5.41, 5.74) is 2.45. The number of aliphatic hydroxyl groups is 1. The Hall–Kier alpha value is -0.630. The quantitative estimate of drug-likeness (QED) is 0.561. The highest BCUT2D eigenvalue weighted by Gasteiger charge is 2.59. The lowest BCUT2D eigenvalue weighted by atomic mass is 9.47. The molecule has 1 N–H and O–H groups in total. The zero-order valence-corrected chi connectivity index (χ0v) is 18.7. The maximum Gasteiger partial charge on any atom is 0.129 e. The molecule has 0 aromatic heterocycles. The summed E-state index contributed by atoms with van der Waals surface area (Å²) in [6.45, 7) is 9.35. The molecule has 0 aromatic rings. The van der Waals surface area contributed by atoms with Gasteiger partial charge in [0, 0.05) is 6.42 Å². The molecule has 3 saturated carbocycles. The van der Waals surface area contributed by atoms with Crippen LogP contribution in [0.5, 0.6) is 0 Å². The minimum Gasteiger partial charge on any atom is -0.393 e. The summed E-state index contributed by atoms with van der Waals surface area (Å²) in [5, 5.41) is 10.2. The first kappa shape index (κ1) is 20.6. The predicted molar refractivity (Wildman–Crippen MR) is 115 cm³/mol. The number of fused-ring (bicyclic) bond motifs is 5. The van der Waals surface area contributed by atoms with E-state index in [0.29, 0.717) is 16.6 Å². The van der Waals surface area contributed by atoms with Crippen LogP contribution in [0.2, 0.25) is 0 Å². The Bertz CT molecular complexity index is 636. The number of hydrogen-bond acceptors (Lipinski definition) is 2. The van der Waals surface area contributed by atoms with E-state index in [0.717, 1.165) is 55.3 Å². The summed E-state index contributed by atoms with van der Waals surface area (Å²) in [4.78, 5) is 11.3. The summed E-state index contributed by atoms with van der Waals surface area (Å²) in [7, 11) is 0. The van der Waals surface area contributed by atoms with Gasteiger partial charge in [-0.15, -0.1) is 0 Å². The number of rotatable bonds is 5. The fourth-order valence-corrected chi connectivity index (χ4v) is 8.49. The third kappa shape index (κ3) is 3.32. The molecule has 4 aliphatic carbocycles. The Balaban J connectivity index is 1.50. The zero-order chi connectivity index (χ0) is 20.1. The van der Waals surface area contributed by atoms with Crippen LogP contribution in [0.3, 0.4) is 0 Å². The number of hydrogen-bond donors (Lipinski definition) is 1. The van der Waals surface area contributed by atoms with Crippen molar-refractivity contribution in [1.29, 1.82) is 0 Å². The maximum absolute atomic E-state index is 11.3. The molecule has 0 heterocycles. The maximum atomic E-state index is 11.3. The fourth-order valence-electron chi connectivity index (χ4n) is 8.49. The highest BCUT2D eigenvalue weighted by Crippen LogP contribution is 2.67. The van der Waals surface area contributed by atoms with Crippen molar-refractivity contribution >= 4 is 5.78 Å². The summed E-state index contributed by atoms with van der Waals surface area (Å²) >= 11 is 0. The molecule has 0 saturated heterocycles. The number of carbonyl (C=O) groups excluding carboxylic acids is 1. The van der Waals surface area contributed by atoms with E-state index in [-0.39, 0.29) is 6.10 Å². The van der Waals surface area contributed by atoms with E-state index in [1.807, 2.05) is 0 Å². The van der Waals surface area contributed by atoms with Gasteiger partial charge in [-0.2, -0.15) is 0 Å². The SMILES string of the molecule is CC(=O)CCC[C@@H](C)[C@@H]1CC[C@@H]2[C@@H]3CC=C4C[C@H](O)CC[C@]4(C)[C@H]3CC[C@@]21C. The van der Waals surface area contributed by atoms with Crippen LogP contribution in [-0.4, -0.2) is 17.0 Å². The van der Waals surface area contributed by atoms with E-state index in [1.165, 1.54) is 44.9 Å². The van der Waals surface area contributed by atoms with Crippen LogP contribution in [0.25, 0.3) is 0 Å². The number of ketones is 1. The minimum atomic E-state index is -0.101. The van der Waals surface area contributed by atoms with E-state index in [2.05, 4.69) is 26.8 Å². The fraction of sp³-hybridized carbons (Fsp3) is 0.885. The van der Waals surface area contributed by atoms with Gasteiger partial charge in [-0.1, -0.05) is 38.8 Å². The monoisotopic (exact) mass is 386 g/mol. The van der Waals surface area contributed by atoms with Gasteiger partial charge in [0.25, 0.3) is 0 Å². The van der Waals surface area contributed by atoms with Crippen molar-refractivity contribution < 1.29 is 9.90 Å². The molecule has 0 spiro atoms. The second-order valence-corrected chi connectivity index (χ2v) is 11.5. The number of allylic oxidation sites excluding steroid dienone is 1. The van der Waals surface area contributed by atoms with Crippen LogP contribution in [0.15, 0.2) is 11.6 Å². The highest BCUT2D eigenvalue weighted by molar-refractivity contribution is 5.75. The first-order chi connectivity index (χ1) is 13.3. The molecule has 0 radical (unpaired) electrons. The molecule has 4 rings (SSSR count). The van der Waals surface area contributed by atoms with Crippen molar-refractivity contribution in [3.63, 3.8) is 0 Å². The van der Waals surface area contributed by atoms with E-state index < -0.39 is 0 Å². The van der Waals surface area contributed by atoms with Crippen LogP contribution in [-0.2, 0) is 4.79 Å². The Morgan fingerprint density at radius 2 is 1.96 bits per heavy atom. The average molecular weight is 387 g/mol. The van der Waals surface area contributed by atoms with Gasteiger partial charge in [-0.25, -0.2) is 0 Å². The number of carbonyl (C=O) groups is 1. The minimum absolute atomic E-state index is 0.101. The summed E-state index contributed by atoms with van der Waals surface area (Å²) < 4.78 is 0. The van der Waals surface area contributed by atoms with Gasteiger partial charge in [-0.3, -0.25) is 0 Å². The van der Waals surface area contributed by atoms with E-state index in [9.17, 15) is 9.90 Å². The summed E-state index contributed by atoms with van der Waals surface area (Å²) in [6, 6.07) is 0. The molecule has 28 heavy (non-hydrogen) atoms. The topological polar surface area (TPSA) is 37.3 Å². The lowest BCUT2D eigenvalue weighted by molar-refractivity contribution is -0.117. The molecule has 0 amide bonds. The molecule has 3 fully saturated rings. The Labute approximate surface area is 172 Å². The molecule has 0 unspecified atom stereocenters. The molecule has 2 heteroatoms. The van der Waals surface area contributed by atoms with Crippen LogP contribution < -0.4 is 0 Å². The van der Waals surface area contributed by atoms with Gasteiger partial charge in [-0.05, 0) is 105 Å². The second-order valence-electron chi connectivity index (χ2n) is 11.5.